The minimum absolute atomic E-state index is 0.0277. The number of carbonyl (C=O) groups is 1. The maximum atomic E-state index is 10.5. The Labute approximate surface area is 111 Å². The van der Waals surface area contributed by atoms with Crippen LogP contribution >= 0.6 is 0 Å². The third-order valence-electron chi connectivity index (χ3n) is 2.97. The number of methoxy groups -OCH3 is 1. The van der Waals surface area contributed by atoms with Crippen molar-refractivity contribution < 1.29 is 19.4 Å². The predicted octanol–water partition coefficient (Wildman–Crippen LogP) is 1.90. The zero-order valence-electron chi connectivity index (χ0n) is 10.8. The van der Waals surface area contributed by atoms with Crippen molar-refractivity contribution in [2.75, 3.05) is 13.7 Å². The number of carboxylic acid groups (broad SMARTS) is 1. The van der Waals surface area contributed by atoms with Crippen LogP contribution in [0.5, 0.6) is 5.75 Å². The van der Waals surface area contributed by atoms with Crippen LogP contribution in [0.2, 0.25) is 0 Å². The molecule has 1 aromatic rings. The van der Waals surface area contributed by atoms with Crippen LogP contribution in [-0.4, -0.2) is 36.7 Å². The van der Waals surface area contributed by atoms with Gasteiger partial charge in [0.2, 0.25) is 0 Å². The van der Waals surface area contributed by atoms with E-state index < -0.39 is 5.97 Å². The van der Waals surface area contributed by atoms with E-state index in [2.05, 4.69) is 4.99 Å². The number of para-hydroxylation sites is 1. The summed E-state index contributed by atoms with van der Waals surface area (Å²) in [5, 5.41) is 8.62. The summed E-state index contributed by atoms with van der Waals surface area (Å²) < 4.78 is 10.9. The number of hydrogen-bond donors (Lipinski definition) is 1. The first kappa shape index (κ1) is 13.4. The van der Waals surface area contributed by atoms with Crippen LogP contribution in [0.1, 0.15) is 18.4 Å². The second-order valence-electron chi connectivity index (χ2n) is 4.38. The molecule has 0 aliphatic carbocycles. The second-order valence-corrected chi connectivity index (χ2v) is 4.38. The topological polar surface area (TPSA) is 68.1 Å². The molecule has 5 heteroatoms. The van der Waals surface area contributed by atoms with Gasteiger partial charge >= 0.3 is 5.97 Å². The average Bonchev–Trinajstić information content (AvgIpc) is 2.85. The number of carboxylic acids is 1. The Morgan fingerprint density at radius 2 is 2.32 bits per heavy atom. The van der Waals surface area contributed by atoms with E-state index in [4.69, 9.17) is 14.6 Å². The molecule has 1 aliphatic heterocycles. The van der Waals surface area contributed by atoms with Gasteiger partial charge in [0, 0.05) is 12.8 Å². The predicted molar refractivity (Wildman–Crippen MR) is 70.7 cm³/mol. The molecule has 0 amide bonds. The normalized spacial score (nSPS) is 17.7. The molecule has 0 bridgehead atoms. The Hall–Kier alpha value is -2.04. The smallest absolute Gasteiger partial charge is 0.303 e. The molecule has 0 radical (unpaired) electrons. The fraction of sp³-hybridized carbons (Fsp3) is 0.429. The minimum atomic E-state index is -0.834. The first-order valence-electron chi connectivity index (χ1n) is 6.22. The molecular weight excluding hydrogens is 246 g/mol. The van der Waals surface area contributed by atoms with Gasteiger partial charge in [0.25, 0.3) is 0 Å². The Kier molecular flexibility index (Phi) is 4.39. The Morgan fingerprint density at radius 3 is 3.05 bits per heavy atom. The Bertz CT molecular complexity index is 484. The van der Waals surface area contributed by atoms with Crippen molar-refractivity contribution in [3.8, 4) is 5.75 Å². The summed E-state index contributed by atoms with van der Waals surface area (Å²) in [6.07, 6.45) is 1.10. The van der Waals surface area contributed by atoms with Crippen LogP contribution in [0, 0.1) is 0 Å². The second kappa shape index (κ2) is 6.22. The maximum absolute atomic E-state index is 10.5. The van der Waals surface area contributed by atoms with E-state index in [1.165, 1.54) is 0 Å². The monoisotopic (exact) mass is 263 g/mol. The van der Waals surface area contributed by atoms with Gasteiger partial charge in [-0.05, 0) is 11.6 Å². The van der Waals surface area contributed by atoms with Gasteiger partial charge < -0.3 is 14.6 Å². The van der Waals surface area contributed by atoms with Gasteiger partial charge in [0.05, 0.1) is 20.1 Å². The van der Waals surface area contributed by atoms with Crippen molar-refractivity contribution in [1.82, 2.24) is 0 Å². The van der Waals surface area contributed by atoms with Crippen molar-refractivity contribution in [3.05, 3.63) is 29.8 Å². The summed E-state index contributed by atoms with van der Waals surface area (Å²) >= 11 is 0. The van der Waals surface area contributed by atoms with Crippen molar-refractivity contribution >= 4 is 11.9 Å². The standard InChI is InChI=1S/C14H17NO4/c1-18-12-5-3-2-4-10(12)8-11-9-15-13(19-11)6-7-14(16)17/h2-5,11H,6-9H2,1H3,(H,16,17). The summed E-state index contributed by atoms with van der Waals surface area (Å²) in [6, 6.07) is 7.79. The summed E-state index contributed by atoms with van der Waals surface area (Å²) in [5.74, 6) is 0.548. The third-order valence-corrected chi connectivity index (χ3v) is 2.97. The van der Waals surface area contributed by atoms with Gasteiger partial charge in [-0.25, -0.2) is 0 Å². The van der Waals surface area contributed by atoms with Crippen LogP contribution in [-0.2, 0) is 16.0 Å². The van der Waals surface area contributed by atoms with E-state index in [1.807, 2.05) is 24.3 Å². The fourth-order valence-electron chi connectivity index (χ4n) is 2.05. The zero-order chi connectivity index (χ0) is 13.7. The van der Waals surface area contributed by atoms with E-state index >= 15 is 0 Å². The van der Waals surface area contributed by atoms with Crippen LogP contribution in [0.4, 0.5) is 0 Å². The molecule has 1 unspecified atom stereocenters. The molecule has 102 valence electrons. The molecule has 5 nitrogen and oxygen atoms in total. The lowest BCUT2D eigenvalue weighted by molar-refractivity contribution is -0.136. The van der Waals surface area contributed by atoms with E-state index in [1.54, 1.807) is 7.11 Å². The average molecular weight is 263 g/mol. The highest BCUT2D eigenvalue weighted by molar-refractivity contribution is 5.81. The number of hydrogen-bond acceptors (Lipinski definition) is 4. The molecule has 19 heavy (non-hydrogen) atoms. The number of benzene rings is 1. The van der Waals surface area contributed by atoms with Crippen LogP contribution in [0.3, 0.4) is 0 Å². The highest BCUT2D eigenvalue weighted by Gasteiger charge is 2.21. The van der Waals surface area contributed by atoms with E-state index in [9.17, 15) is 4.79 Å². The molecule has 0 aromatic heterocycles. The first-order valence-corrected chi connectivity index (χ1v) is 6.22. The number of aliphatic imine (C=N–C) groups is 1. The summed E-state index contributed by atoms with van der Waals surface area (Å²) in [6.45, 7) is 0.576. The van der Waals surface area contributed by atoms with Crippen molar-refractivity contribution in [2.45, 2.75) is 25.4 Å². The van der Waals surface area contributed by atoms with Gasteiger partial charge in [0.1, 0.15) is 11.9 Å². The van der Waals surface area contributed by atoms with Crippen LogP contribution in [0.25, 0.3) is 0 Å². The van der Waals surface area contributed by atoms with Crippen molar-refractivity contribution in [2.24, 2.45) is 4.99 Å². The Balaban J connectivity index is 1.88. The molecule has 1 N–H and O–H groups in total. The van der Waals surface area contributed by atoms with Crippen LogP contribution in [0.15, 0.2) is 29.3 Å². The van der Waals surface area contributed by atoms with E-state index in [0.717, 1.165) is 11.3 Å². The molecule has 1 aromatic carbocycles. The summed E-state index contributed by atoms with van der Waals surface area (Å²) in [7, 11) is 1.64. The molecule has 1 aliphatic rings. The lowest BCUT2D eigenvalue weighted by atomic mass is 10.1. The molecule has 0 saturated heterocycles. The highest BCUT2D eigenvalue weighted by Crippen LogP contribution is 2.22. The van der Waals surface area contributed by atoms with E-state index in [0.29, 0.717) is 25.3 Å². The largest absolute Gasteiger partial charge is 0.496 e. The molecular formula is C14H17NO4. The third kappa shape index (κ3) is 3.71. The van der Waals surface area contributed by atoms with Gasteiger partial charge in [0.15, 0.2) is 5.90 Å². The molecule has 2 rings (SSSR count). The number of rotatable bonds is 6. The molecule has 1 heterocycles. The lowest BCUT2D eigenvalue weighted by Crippen LogP contribution is -2.17. The molecule has 0 spiro atoms. The SMILES string of the molecule is COc1ccccc1CC1CN=C(CCC(=O)O)O1. The van der Waals surface area contributed by atoms with Gasteiger partial charge in [-0.15, -0.1) is 0 Å². The number of ether oxygens (including phenoxy) is 2. The van der Waals surface area contributed by atoms with Crippen molar-refractivity contribution in [3.63, 3.8) is 0 Å². The minimum Gasteiger partial charge on any atom is -0.496 e. The zero-order valence-corrected chi connectivity index (χ0v) is 10.8. The van der Waals surface area contributed by atoms with Crippen LogP contribution < -0.4 is 4.74 Å². The van der Waals surface area contributed by atoms with Gasteiger partial charge in [-0.2, -0.15) is 0 Å². The van der Waals surface area contributed by atoms with Gasteiger partial charge in [-0.3, -0.25) is 9.79 Å². The highest BCUT2D eigenvalue weighted by atomic mass is 16.5. The number of nitrogens with zero attached hydrogens (tertiary/aromatic N) is 1. The van der Waals surface area contributed by atoms with Crippen molar-refractivity contribution in [1.29, 1.82) is 0 Å². The Morgan fingerprint density at radius 1 is 1.53 bits per heavy atom. The lowest BCUT2D eigenvalue weighted by Gasteiger charge is -2.13. The molecule has 0 fully saturated rings. The molecule has 1 atom stereocenters. The summed E-state index contributed by atoms with van der Waals surface area (Å²) in [5.41, 5.74) is 1.07. The van der Waals surface area contributed by atoms with Gasteiger partial charge in [-0.1, -0.05) is 18.2 Å². The van der Waals surface area contributed by atoms with E-state index in [-0.39, 0.29) is 12.5 Å². The first-order chi connectivity index (χ1) is 9.19. The maximum Gasteiger partial charge on any atom is 0.303 e. The number of aliphatic carboxylic acids is 1. The quantitative estimate of drug-likeness (QED) is 0.851. The summed E-state index contributed by atoms with van der Waals surface area (Å²) in [4.78, 5) is 14.7. The fourth-order valence-corrected chi connectivity index (χ4v) is 2.05. The molecule has 0 saturated carbocycles.